The minimum Gasteiger partial charge on any atom is -0.462 e. The van der Waals surface area contributed by atoms with E-state index in [9.17, 15) is 9.59 Å². The average molecular weight is 258 g/mol. The summed E-state index contributed by atoms with van der Waals surface area (Å²) in [5.41, 5.74) is -0.498. The summed E-state index contributed by atoms with van der Waals surface area (Å²) in [6.07, 6.45) is 2.58. The zero-order chi connectivity index (χ0) is 14.2. The van der Waals surface area contributed by atoms with Crippen molar-refractivity contribution in [2.75, 3.05) is 0 Å². The number of carbonyl (C=O) groups excluding carboxylic acids is 2. The Morgan fingerprint density at radius 3 is 2.17 bits per heavy atom. The predicted molar refractivity (Wildman–Crippen MR) is 70.2 cm³/mol. The van der Waals surface area contributed by atoms with Gasteiger partial charge in [0.25, 0.3) is 0 Å². The van der Waals surface area contributed by atoms with E-state index in [0.29, 0.717) is 12.8 Å². The maximum atomic E-state index is 11.6. The van der Waals surface area contributed by atoms with Gasteiger partial charge in [0.05, 0.1) is 6.42 Å². The molecular weight excluding hydrogens is 232 g/mol. The maximum absolute atomic E-state index is 11.6. The van der Waals surface area contributed by atoms with Crippen LogP contribution in [0.3, 0.4) is 0 Å². The van der Waals surface area contributed by atoms with Crippen molar-refractivity contribution >= 4 is 11.9 Å². The molecule has 0 fully saturated rings. The molecule has 0 aliphatic rings. The Kier molecular flexibility index (Phi) is 7.64. The molecule has 0 radical (unpaired) electrons. The van der Waals surface area contributed by atoms with Crippen molar-refractivity contribution in [3.05, 3.63) is 0 Å². The third-order valence-electron chi connectivity index (χ3n) is 2.30. The number of hydrogen-bond donors (Lipinski definition) is 0. The molecule has 0 aromatic rings. The lowest BCUT2D eigenvalue weighted by atomic mass is 10.1. The van der Waals surface area contributed by atoms with Crippen LogP contribution in [0.15, 0.2) is 0 Å². The minimum absolute atomic E-state index is 0.131. The van der Waals surface area contributed by atoms with Crippen LogP contribution in [-0.2, 0) is 19.1 Å². The van der Waals surface area contributed by atoms with Gasteiger partial charge in [0, 0.05) is 6.42 Å². The summed E-state index contributed by atoms with van der Waals surface area (Å²) < 4.78 is 10.4. The van der Waals surface area contributed by atoms with Crippen LogP contribution in [0.4, 0.5) is 0 Å². The molecule has 0 aliphatic carbocycles. The standard InChI is InChI=1S/C14H26O4/c1-6-8-9-12(15)17-11(7-2)10-13(16)18-14(3,4)5/h11H,6-10H2,1-5H3. The van der Waals surface area contributed by atoms with E-state index in [-0.39, 0.29) is 24.5 Å². The van der Waals surface area contributed by atoms with Crippen molar-refractivity contribution < 1.29 is 19.1 Å². The Bertz CT molecular complexity index is 265. The number of carbonyl (C=O) groups is 2. The Labute approximate surface area is 110 Å². The summed E-state index contributed by atoms with van der Waals surface area (Å²) in [6.45, 7) is 9.37. The first kappa shape index (κ1) is 16.9. The Hall–Kier alpha value is -1.06. The van der Waals surface area contributed by atoms with Crippen LogP contribution in [0.1, 0.15) is 66.7 Å². The fourth-order valence-electron chi connectivity index (χ4n) is 1.40. The Morgan fingerprint density at radius 1 is 1.11 bits per heavy atom. The molecule has 106 valence electrons. The molecule has 0 spiro atoms. The maximum Gasteiger partial charge on any atom is 0.310 e. The van der Waals surface area contributed by atoms with Crippen LogP contribution in [0, 0.1) is 0 Å². The van der Waals surface area contributed by atoms with Crippen molar-refractivity contribution in [2.24, 2.45) is 0 Å². The lowest BCUT2D eigenvalue weighted by Gasteiger charge is -2.22. The van der Waals surface area contributed by atoms with Crippen LogP contribution in [-0.4, -0.2) is 23.6 Å². The van der Waals surface area contributed by atoms with Crippen LogP contribution in [0.2, 0.25) is 0 Å². The second-order valence-corrected chi connectivity index (χ2v) is 5.41. The molecule has 4 nitrogen and oxygen atoms in total. The van der Waals surface area contributed by atoms with Crippen molar-refractivity contribution in [2.45, 2.75) is 78.4 Å². The largest absolute Gasteiger partial charge is 0.462 e. The zero-order valence-electron chi connectivity index (χ0n) is 12.2. The molecular formula is C14H26O4. The molecule has 18 heavy (non-hydrogen) atoms. The summed E-state index contributed by atoms with van der Waals surface area (Å²) >= 11 is 0. The molecule has 1 atom stereocenters. The highest BCUT2D eigenvalue weighted by atomic mass is 16.6. The van der Waals surface area contributed by atoms with Crippen LogP contribution >= 0.6 is 0 Å². The van der Waals surface area contributed by atoms with Crippen molar-refractivity contribution in [1.82, 2.24) is 0 Å². The van der Waals surface area contributed by atoms with Gasteiger partial charge in [-0.25, -0.2) is 0 Å². The van der Waals surface area contributed by atoms with Gasteiger partial charge >= 0.3 is 11.9 Å². The molecule has 4 heteroatoms. The highest BCUT2D eigenvalue weighted by Gasteiger charge is 2.21. The molecule has 0 aliphatic heterocycles. The summed E-state index contributed by atoms with van der Waals surface area (Å²) in [5.74, 6) is -0.551. The van der Waals surface area contributed by atoms with E-state index in [2.05, 4.69) is 0 Å². The zero-order valence-corrected chi connectivity index (χ0v) is 12.2. The first-order valence-corrected chi connectivity index (χ1v) is 6.69. The first-order valence-electron chi connectivity index (χ1n) is 6.69. The second kappa shape index (κ2) is 8.11. The van der Waals surface area contributed by atoms with Gasteiger partial charge in [-0.05, 0) is 33.6 Å². The topological polar surface area (TPSA) is 52.6 Å². The van der Waals surface area contributed by atoms with Crippen LogP contribution in [0.25, 0.3) is 0 Å². The van der Waals surface area contributed by atoms with E-state index in [4.69, 9.17) is 9.47 Å². The fourth-order valence-corrected chi connectivity index (χ4v) is 1.40. The van der Waals surface area contributed by atoms with Gasteiger partial charge in [0.15, 0.2) is 0 Å². The predicted octanol–water partition coefficient (Wildman–Crippen LogP) is 3.23. The normalized spacial score (nSPS) is 12.9. The lowest BCUT2D eigenvalue weighted by molar-refractivity contribution is -0.161. The highest BCUT2D eigenvalue weighted by Crippen LogP contribution is 2.13. The minimum atomic E-state index is -0.498. The van der Waals surface area contributed by atoms with Crippen LogP contribution < -0.4 is 0 Å². The smallest absolute Gasteiger partial charge is 0.310 e. The number of rotatable bonds is 7. The molecule has 0 heterocycles. The van der Waals surface area contributed by atoms with Gasteiger partial charge in [-0.2, -0.15) is 0 Å². The molecule has 0 amide bonds. The van der Waals surface area contributed by atoms with E-state index in [1.807, 2.05) is 34.6 Å². The van der Waals surface area contributed by atoms with Gasteiger partial charge in [0.2, 0.25) is 0 Å². The third-order valence-corrected chi connectivity index (χ3v) is 2.30. The number of unbranched alkanes of at least 4 members (excludes halogenated alkanes) is 1. The van der Waals surface area contributed by atoms with E-state index < -0.39 is 5.60 Å². The van der Waals surface area contributed by atoms with E-state index >= 15 is 0 Å². The Balaban J connectivity index is 4.10. The number of hydrogen-bond acceptors (Lipinski definition) is 4. The molecule has 0 N–H and O–H groups in total. The summed E-state index contributed by atoms with van der Waals surface area (Å²) in [4.78, 5) is 23.1. The molecule has 1 unspecified atom stereocenters. The molecule has 0 bridgehead atoms. The van der Waals surface area contributed by atoms with Gasteiger partial charge in [-0.1, -0.05) is 20.3 Å². The van der Waals surface area contributed by atoms with Gasteiger partial charge in [-0.3, -0.25) is 9.59 Å². The van der Waals surface area contributed by atoms with E-state index in [1.165, 1.54) is 0 Å². The summed E-state index contributed by atoms with van der Waals surface area (Å²) in [7, 11) is 0. The number of ether oxygens (including phenoxy) is 2. The summed E-state index contributed by atoms with van der Waals surface area (Å²) in [5, 5.41) is 0. The van der Waals surface area contributed by atoms with E-state index in [1.54, 1.807) is 0 Å². The monoisotopic (exact) mass is 258 g/mol. The van der Waals surface area contributed by atoms with E-state index in [0.717, 1.165) is 12.8 Å². The van der Waals surface area contributed by atoms with Gasteiger partial charge < -0.3 is 9.47 Å². The SMILES string of the molecule is CCCCC(=O)OC(CC)CC(=O)OC(C)(C)C. The Morgan fingerprint density at radius 2 is 1.72 bits per heavy atom. The first-order chi connectivity index (χ1) is 8.28. The lowest BCUT2D eigenvalue weighted by Crippen LogP contribution is -2.28. The molecule has 0 saturated carbocycles. The molecule has 0 aromatic carbocycles. The molecule has 0 aromatic heterocycles. The molecule has 0 rings (SSSR count). The van der Waals surface area contributed by atoms with Crippen molar-refractivity contribution in [3.8, 4) is 0 Å². The highest BCUT2D eigenvalue weighted by molar-refractivity contribution is 5.72. The molecule has 0 saturated heterocycles. The quantitative estimate of drug-likeness (QED) is 0.658. The van der Waals surface area contributed by atoms with Crippen LogP contribution in [0.5, 0.6) is 0 Å². The van der Waals surface area contributed by atoms with Gasteiger partial charge in [0.1, 0.15) is 11.7 Å². The average Bonchev–Trinajstić information content (AvgIpc) is 2.22. The third kappa shape index (κ3) is 9.02. The second-order valence-electron chi connectivity index (χ2n) is 5.41. The summed E-state index contributed by atoms with van der Waals surface area (Å²) in [6, 6.07) is 0. The van der Waals surface area contributed by atoms with Gasteiger partial charge in [-0.15, -0.1) is 0 Å². The number of esters is 2. The van der Waals surface area contributed by atoms with Crippen molar-refractivity contribution in [3.63, 3.8) is 0 Å². The van der Waals surface area contributed by atoms with Crippen molar-refractivity contribution in [1.29, 1.82) is 0 Å². The fraction of sp³-hybridized carbons (Fsp3) is 0.857.